The van der Waals surface area contributed by atoms with Crippen molar-refractivity contribution in [3.63, 3.8) is 0 Å². The molecule has 0 bridgehead atoms. The number of cyclic esters (lactones) is 1. The molecule has 0 aromatic rings. The monoisotopic (exact) mass is 226 g/mol. The van der Waals surface area contributed by atoms with Crippen LogP contribution in [0.4, 0.5) is 0 Å². The first kappa shape index (κ1) is 13.5. The highest BCUT2D eigenvalue weighted by atomic mass is 16.6. The molecule has 0 radical (unpaired) electrons. The van der Waals surface area contributed by atoms with Crippen molar-refractivity contribution < 1.29 is 9.53 Å². The first-order chi connectivity index (χ1) is 7.84. The van der Waals surface area contributed by atoms with E-state index < -0.39 is 0 Å². The Kier molecular flexibility index (Phi) is 7.28. The van der Waals surface area contributed by atoms with Gasteiger partial charge in [0.1, 0.15) is 6.61 Å². The van der Waals surface area contributed by atoms with Gasteiger partial charge in [0.15, 0.2) is 0 Å². The van der Waals surface area contributed by atoms with E-state index in [1.165, 1.54) is 57.8 Å². The van der Waals surface area contributed by atoms with Crippen molar-refractivity contribution >= 4 is 5.97 Å². The van der Waals surface area contributed by atoms with Gasteiger partial charge in [0.05, 0.1) is 5.92 Å². The third-order valence-corrected chi connectivity index (χ3v) is 3.42. The summed E-state index contributed by atoms with van der Waals surface area (Å²) >= 11 is 0. The van der Waals surface area contributed by atoms with E-state index in [4.69, 9.17) is 4.74 Å². The van der Waals surface area contributed by atoms with Gasteiger partial charge < -0.3 is 4.74 Å². The Labute approximate surface area is 99.8 Å². The zero-order chi connectivity index (χ0) is 11.6. The molecule has 1 rings (SSSR count). The van der Waals surface area contributed by atoms with Crippen LogP contribution in [0.25, 0.3) is 0 Å². The van der Waals surface area contributed by atoms with Crippen molar-refractivity contribution in [2.75, 3.05) is 6.61 Å². The number of hydrogen-bond donors (Lipinski definition) is 0. The van der Waals surface area contributed by atoms with E-state index >= 15 is 0 Å². The summed E-state index contributed by atoms with van der Waals surface area (Å²) in [6, 6.07) is 0. The molecule has 0 amide bonds. The number of ether oxygens (including phenoxy) is 1. The van der Waals surface area contributed by atoms with E-state index in [0.717, 1.165) is 6.42 Å². The summed E-state index contributed by atoms with van der Waals surface area (Å²) < 4.78 is 4.74. The largest absolute Gasteiger partial charge is 0.464 e. The molecular weight excluding hydrogens is 200 g/mol. The standard InChI is InChI=1S/C14H26O2/c1-2-3-4-5-6-7-8-9-10-11-13-12-16-14(13)15/h13H,2-12H2,1H3. The predicted octanol–water partition coefficient (Wildman–Crippen LogP) is 4.08. The Balaban J connectivity index is 1.73. The van der Waals surface area contributed by atoms with Crippen LogP contribution < -0.4 is 0 Å². The molecule has 2 nitrogen and oxygen atoms in total. The third kappa shape index (κ3) is 5.53. The normalized spacial score (nSPS) is 19.3. The minimum Gasteiger partial charge on any atom is -0.464 e. The highest BCUT2D eigenvalue weighted by Crippen LogP contribution is 2.20. The molecule has 1 heterocycles. The number of carbonyl (C=O) groups is 1. The van der Waals surface area contributed by atoms with Gasteiger partial charge in [0.2, 0.25) is 0 Å². The maximum absolute atomic E-state index is 10.9. The van der Waals surface area contributed by atoms with Gasteiger partial charge in [0, 0.05) is 0 Å². The van der Waals surface area contributed by atoms with Gasteiger partial charge in [-0.3, -0.25) is 4.79 Å². The van der Waals surface area contributed by atoms with Gasteiger partial charge in [-0.1, -0.05) is 64.7 Å². The first-order valence-corrected chi connectivity index (χ1v) is 7.01. The van der Waals surface area contributed by atoms with Crippen molar-refractivity contribution in [2.45, 2.75) is 71.1 Å². The number of unbranched alkanes of at least 4 members (excludes halogenated alkanes) is 8. The Bertz CT molecular complexity index is 189. The molecule has 0 aromatic carbocycles. The van der Waals surface area contributed by atoms with Crippen molar-refractivity contribution in [1.29, 1.82) is 0 Å². The van der Waals surface area contributed by atoms with Crippen molar-refractivity contribution in [3.05, 3.63) is 0 Å². The average molecular weight is 226 g/mol. The number of esters is 1. The van der Waals surface area contributed by atoms with Crippen LogP contribution in [0, 0.1) is 5.92 Å². The quantitative estimate of drug-likeness (QED) is 0.414. The molecule has 0 aliphatic carbocycles. The average Bonchev–Trinajstić information content (AvgIpc) is 2.29. The molecule has 94 valence electrons. The van der Waals surface area contributed by atoms with Crippen LogP contribution in [0.1, 0.15) is 71.1 Å². The Hall–Kier alpha value is -0.530. The van der Waals surface area contributed by atoms with E-state index in [-0.39, 0.29) is 11.9 Å². The molecule has 1 aliphatic rings. The van der Waals surface area contributed by atoms with Crippen LogP contribution in [0.3, 0.4) is 0 Å². The summed E-state index contributed by atoms with van der Waals surface area (Å²) in [5, 5.41) is 0. The highest BCUT2D eigenvalue weighted by Gasteiger charge is 2.29. The molecular formula is C14H26O2. The van der Waals surface area contributed by atoms with Gasteiger partial charge in [0.25, 0.3) is 0 Å². The topological polar surface area (TPSA) is 26.3 Å². The summed E-state index contributed by atoms with van der Waals surface area (Å²) in [7, 11) is 0. The molecule has 1 fully saturated rings. The smallest absolute Gasteiger partial charge is 0.312 e. The Morgan fingerprint density at radius 2 is 1.56 bits per heavy atom. The lowest BCUT2D eigenvalue weighted by molar-refractivity contribution is -0.169. The minimum atomic E-state index is 0.0274. The number of rotatable bonds is 10. The molecule has 1 atom stereocenters. The van der Waals surface area contributed by atoms with Crippen molar-refractivity contribution in [2.24, 2.45) is 5.92 Å². The van der Waals surface area contributed by atoms with Crippen LogP contribution >= 0.6 is 0 Å². The van der Waals surface area contributed by atoms with E-state index in [0.29, 0.717) is 6.61 Å². The van der Waals surface area contributed by atoms with Gasteiger partial charge in [-0.25, -0.2) is 0 Å². The molecule has 0 N–H and O–H groups in total. The fraction of sp³-hybridized carbons (Fsp3) is 0.929. The maximum atomic E-state index is 10.9. The van der Waals surface area contributed by atoms with Crippen molar-refractivity contribution in [1.82, 2.24) is 0 Å². The zero-order valence-corrected chi connectivity index (χ0v) is 10.7. The van der Waals surface area contributed by atoms with Crippen LogP contribution in [-0.4, -0.2) is 12.6 Å². The van der Waals surface area contributed by atoms with Crippen LogP contribution in [0.15, 0.2) is 0 Å². The van der Waals surface area contributed by atoms with E-state index in [1.807, 2.05) is 0 Å². The van der Waals surface area contributed by atoms with Crippen molar-refractivity contribution in [3.8, 4) is 0 Å². The second-order valence-electron chi connectivity index (χ2n) is 4.94. The molecule has 1 aliphatic heterocycles. The summed E-state index contributed by atoms with van der Waals surface area (Å²) in [5.41, 5.74) is 0. The van der Waals surface area contributed by atoms with E-state index in [2.05, 4.69) is 6.92 Å². The van der Waals surface area contributed by atoms with Crippen LogP contribution in [0.5, 0.6) is 0 Å². The molecule has 1 saturated heterocycles. The lowest BCUT2D eigenvalue weighted by Gasteiger charge is -2.24. The maximum Gasteiger partial charge on any atom is 0.312 e. The second-order valence-corrected chi connectivity index (χ2v) is 4.94. The highest BCUT2D eigenvalue weighted by molar-refractivity contribution is 5.77. The molecule has 16 heavy (non-hydrogen) atoms. The molecule has 0 saturated carbocycles. The lowest BCUT2D eigenvalue weighted by Crippen LogP contribution is -2.34. The minimum absolute atomic E-state index is 0.0274. The van der Waals surface area contributed by atoms with Crippen LogP contribution in [0.2, 0.25) is 0 Å². The summed E-state index contributed by atoms with van der Waals surface area (Å²) in [4.78, 5) is 10.9. The predicted molar refractivity (Wildman–Crippen MR) is 66.3 cm³/mol. The molecule has 1 unspecified atom stereocenters. The van der Waals surface area contributed by atoms with Gasteiger partial charge >= 0.3 is 5.97 Å². The Morgan fingerprint density at radius 1 is 1.00 bits per heavy atom. The fourth-order valence-corrected chi connectivity index (χ4v) is 2.17. The summed E-state index contributed by atoms with van der Waals surface area (Å²) in [5.74, 6) is 0.268. The summed E-state index contributed by atoms with van der Waals surface area (Å²) in [6.07, 6.45) is 13.2. The van der Waals surface area contributed by atoms with Gasteiger partial charge in [-0.15, -0.1) is 0 Å². The lowest BCUT2D eigenvalue weighted by atomic mass is 9.98. The molecule has 0 aromatic heterocycles. The van der Waals surface area contributed by atoms with Crippen LogP contribution in [-0.2, 0) is 9.53 Å². The Morgan fingerprint density at radius 3 is 2.00 bits per heavy atom. The fourth-order valence-electron chi connectivity index (χ4n) is 2.17. The summed E-state index contributed by atoms with van der Waals surface area (Å²) in [6.45, 7) is 2.93. The zero-order valence-electron chi connectivity index (χ0n) is 10.7. The third-order valence-electron chi connectivity index (χ3n) is 3.42. The van der Waals surface area contributed by atoms with Gasteiger partial charge in [-0.05, 0) is 6.42 Å². The number of carbonyl (C=O) groups excluding carboxylic acids is 1. The molecule has 0 spiro atoms. The first-order valence-electron chi connectivity index (χ1n) is 7.01. The molecule has 2 heteroatoms. The SMILES string of the molecule is CCCCCCCCCCCC1COC1=O. The van der Waals surface area contributed by atoms with Gasteiger partial charge in [-0.2, -0.15) is 0 Å². The van der Waals surface area contributed by atoms with E-state index in [1.54, 1.807) is 0 Å². The second kappa shape index (κ2) is 8.60. The number of hydrogen-bond acceptors (Lipinski definition) is 2. The van der Waals surface area contributed by atoms with E-state index in [9.17, 15) is 4.79 Å².